The van der Waals surface area contributed by atoms with E-state index in [0.29, 0.717) is 25.0 Å². The minimum Gasteiger partial charge on any atom is -0.465 e. The van der Waals surface area contributed by atoms with E-state index in [1.54, 1.807) is 0 Å². The second kappa shape index (κ2) is 11.5. The number of carbonyl (C=O) groups is 2. The van der Waals surface area contributed by atoms with Gasteiger partial charge < -0.3 is 9.47 Å². The predicted molar refractivity (Wildman–Crippen MR) is 95.5 cm³/mol. The number of esters is 2. The van der Waals surface area contributed by atoms with Gasteiger partial charge in [-0.2, -0.15) is 0 Å². The molecule has 0 aromatic heterocycles. The van der Waals surface area contributed by atoms with Gasteiger partial charge in [-0.05, 0) is 56.8 Å². The zero-order valence-electron chi connectivity index (χ0n) is 16.0. The van der Waals surface area contributed by atoms with Crippen LogP contribution in [0.15, 0.2) is 0 Å². The van der Waals surface area contributed by atoms with E-state index in [9.17, 15) is 9.59 Å². The van der Waals surface area contributed by atoms with Gasteiger partial charge >= 0.3 is 11.9 Å². The molecule has 0 unspecified atom stereocenters. The molecule has 4 heteroatoms. The van der Waals surface area contributed by atoms with Gasteiger partial charge in [0, 0.05) is 0 Å². The van der Waals surface area contributed by atoms with Crippen LogP contribution in [-0.2, 0) is 19.1 Å². The Morgan fingerprint density at radius 3 is 1.67 bits per heavy atom. The molecule has 1 aliphatic carbocycles. The molecule has 0 atom stereocenters. The van der Waals surface area contributed by atoms with Gasteiger partial charge in [0.05, 0.1) is 25.0 Å². The summed E-state index contributed by atoms with van der Waals surface area (Å²) < 4.78 is 10.7. The van der Waals surface area contributed by atoms with Gasteiger partial charge in [-0.25, -0.2) is 0 Å². The monoisotopic (exact) mass is 340 g/mol. The maximum atomic E-state index is 12.1. The van der Waals surface area contributed by atoms with Crippen LogP contribution in [0.25, 0.3) is 0 Å². The van der Waals surface area contributed by atoms with E-state index in [4.69, 9.17) is 9.47 Å². The second-order valence-corrected chi connectivity index (χ2v) is 7.96. The van der Waals surface area contributed by atoms with Crippen molar-refractivity contribution in [3.05, 3.63) is 0 Å². The Hall–Kier alpha value is -1.06. The Bertz CT molecular complexity index is 368. The first kappa shape index (κ1) is 21.0. The summed E-state index contributed by atoms with van der Waals surface area (Å²) in [6.07, 6.45) is 7.12. The van der Waals surface area contributed by atoms with E-state index in [1.165, 1.54) is 6.42 Å². The highest BCUT2D eigenvalue weighted by atomic mass is 16.5. The van der Waals surface area contributed by atoms with Crippen LogP contribution in [-0.4, -0.2) is 25.2 Å². The van der Waals surface area contributed by atoms with Crippen molar-refractivity contribution in [2.45, 2.75) is 79.1 Å². The molecule has 1 fully saturated rings. The summed E-state index contributed by atoms with van der Waals surface area (Å²) in [5, 5.41) is 0. The van der Waals surface area contributed by atoms with Crippen molar-refractivity contribution in [2.75, 3.05) is 13.2 Å². The lowest BCUT2D eigenvalue weighted by molar-refractivity contribution is -0.155. The maximum Gasteiger partial charge on any atom is 0.308 e. The van der Waals surface area contributed by atoms with E-state index in [2.05, 4.69) is 27.7 Å². The first-order valence-electron chi connectivity index (χ1n) is 9.73. The van der Waals surface area contributed by atoms with Gasteiger partial charge in [0.1, 0.15) is 0 Å². The molecule has 1 saturated carbocycles. The first-order valence-corrected chi connectivity index (χ1v) is 9.73. The molecular formula is C20H36O4. The average Bonchev–Trinajstić information content (AvgIpc) is 2.53. The average molecular weight is 341 g/mol. The van der Waals surface area contributed by atoms with Gasteiger partial charge in [0.25, 0.3) is 0 Å². The van der Waals surface area contributed by atoms with Gasteiger partial charge in [-0.1, -0.05) is 34.1 Å². The second-order valence-electron chi connectivity index (χ2n) is 7.96. The number of ether oxygens (including phenoxy) is 2. The Morgan fingerprint density at radius 1 is 0.750 bits per heavy atom. The third-order valence-corrected chi connectivity index (χ3v) is 4.75. The van der Waals surface area contributed by atoms with Crippen molar-refractivity contribution in [3.63, 3.8) is 0 Å². The number of carbonyl (C=O) groups excluding carboxylic acids is 2. The molecule has 24 heavy (non-hydrogen) atoms. The Kier molecular flexibility index (Phi) is 10.0. The fourth-order valence-corrected chi connectivity index (χ4v) is 3.02. The normalized spacial score (nSPS) is 21.1. The van der Waals surface area contributed by atoms with Crippen LogP contribution < -0.4 is 0 Å². The standard InChI is InChI=1S/C20H36O4/c1-15(2)7-5-6-13-23-19(21)17-8-10-18(11-9-17)20(22)24-14-12-16(3)4/h15-18H,5-14H2,1-4H3. The summed E-state index contributed by atoms with van der Waals surface area (Å²) in [7, 11) is 0. The zero-order valence-corrected chi connectivity index (χ0v) is 16.0. The predicted octanol–water partition coefficient (Wildman–Crippen LogP) is 4.75. The summed E-state index contributed by atoms with van der Waals surface area (Å²) in [6, 6.07) is 0. The van der Waals surface area contributed by atoms with E-state index >= 15 is 0 Å². The lowest BCUT2D eigenvalue weighted by Crippen LogP contribution is -2.28. The molecule has 1 rings (SSSR count). The smallest absolute Gasteiger partial charge is 0.308 e. The number of hydrogen-bond donors (Lipinski definition) is 0. The minimum atomic E-state index is -0.0869. The fraction of sp³-hybridized carbons (Fsp3) is 0.900. The van der Waals surface area contributed by atoms with Crippen LogP contribution >= 0.6 is 0 Å². The number of unbranched alkanes of at least 4 members (excludes halogenated alkanes) is 1. The van der Waals surface area contributed by atoms with Crippen LogP contribution in [0.1, 0.15) is 79.1 Å². The molecular weight excluding hydrogens is 304 g/mol. The van der Waals surface area contributed by atoms with Crippen molar-refractivity contribution in [2.24, 2.45) is 23.7 Å². The molecule has 0 amide bonds. The van der Waals surface area contributed by atoms with Crippen molar-refractivity contribution in [1.82, 2.24) is 0 Å². The third-order valence-electron chi connectivity index (χ3n) is 4.75. The molecule has 0 aromatic carbocycles. The lowest BCUT2D eigenvalue weighted by atomic mass is 9.82. The van der Waals surface area contributed by atoms with Gasteiger partial charge in [-0.3, -0.25) is 9.59 Å². The topological polar surface area (TPSA) is 52.6 Å². The van der Waals surface area contributed by atoms with Crippen LogP contribution in [0.3, 0.4) is 0 Å². The van der Waals surface area contributed by atoms with Crippen LogP contribution in [0.4, 0.5) is 0 Å². The fourth-order valence-electron chi connectivity index (χ4n) is 3.02. The molecule has 4 nitrogen and oxygen atoms in total. The van der Waals surface area contributed by atoms with Crippen LogP contribution in [0, 0.1) is 23.7 Å². The highest BCUT2D eigenvalue weighted by Gasteiger charge is 2.31. The molecule has 1 aliphatic rings. The number of rotatable bonds is 10. The Labute approximate surface area is 147 Å². The van der Waals surface area contributed by atoms with Crippen LogP contribution in [0.2, 0.25) is 0 Å². The van der Waals surface area contributed by atoms with Crippen LogP contribution in [0.5, 0.6) is 0 Å². The van der Waals surface area contributed by atoms with Gasteiger partial charge in [0.15, 0.2) is 0 Å². The Morgan fingerprint density at radius 2 is 1.21 bits per heavy atom. The SMILES string of the molecule is CC(C)CCCCOC(=O)C1CCC(C(=O)OCCC(C)C)CC1. The molecule has 0 aliphatic heterocycles. The number of hydrogen-bond acceptors (Lipinski definition) is 4. The van der Waals surface area contributed by atoms with E-state index in [1.807, 2.05) is 0 Å². The summed E-state index contributed by atoms with van der Waals surface area (Å²) in [6.45, 7) is 9.69. The van der Waals surface area contributed by atoms with E-state index in [0.717, 1.165) is 44.9 Å². The largest absolute Gasteiger partial charge is 0.465 e. The Balaban J connectivity index is 2.15. The van der Waals surface area contributed by atoms with Crippen molar-refractivity contribution >= 4 is 11.9 Å². The van der Waals surface area contributed by atoms with E-state index in [-0.39, 0.29) is 23.8 Å². The maximum absolute atomic E-state index is 12.1. The molecule has 0 heterocycles. The molecule has 0 spiro atoms. The summed E-state index contributed by atoms with van der Waals surface area (Å²) in [4.78, 5) is 24.1. The highest BCUT2D eigenvalue weighted by Crippen LogP contribution is 2.30. The van der Waals surface area contributed by atoms with Crippen molar-refractivity contribution < 1.29 is 19.1 Å². The zero-order chi connectivity index (χ0) is 17.9. The van der Waals surface area contributed by atoms with E-state index < -0.39 is 0 Å². The van der Waals surface area contributed by atoms with Crippen molar-refractivity contribution in [1.29, 1.82) is 0 Å². The molecule has 0 aromatic rings. The first-order chi connectivity index (χ1) is 11.4. The quantitative estimate of drug-likeness (QED) is 0.425. The van der Waals surface area contributed by atoms with Crippen molar-refractivity contribution in [3.8, 4) is 0 Å². The highest BCUT2D eigenvalue weighted by molar-refractivity contribution is 5.75. The molecule has 140 valence electrons. The molecule has 0 bridgehead atoms. The lowest BCUT2D eigenvalue weighted by Gasteiger charge is -2.26. The van der Waals surface area contributed by atoms with Gasteiger partial charge in [0.2, 0.25) is 0 Å². The molecule has 0 radical (unpaired) electrons. The molecule has 0 saturated heterocycles. The summed E-state index contributed by atoms with van der Waals surface area (Å²) in [5.74, 6) is 1.02. The molecule has 0 N–H and O–H groups in total. The summed E-state index contributed by atoms with van der Waals surface area (Å²) >= 11 is 0. The third kappa shape index (κ3) is 8.70. The summed E-state index contributed by atoms with van der Waals surface area (Å²) in [5.41, 5.74) is 0. The minimum absolute atomic E-state index is 0.0326. The van der Waals surface area contributed by atoms with Gasteiger partial charge in [-0.15, -0.1) is 0 Å².